The molecule has 1 aromatic carbocycles. The molecule has 5 nitrogen and oxygen atoms in total. The van der Waals surface area contributed by atoms with Gasteiger partial charge >= 0.3 is 12.3 Å². The fourth-order valence-electron chi connectivity index (χ4n) is 4.47. The molecular formula is C24H36F3N3O2. The topological polar surface area (TPSA) is 53.6 Å². The molecule has 1 saturated carbocycles. The van der Waals surface area contributed by atoms with Crippen LogP contribution in [0, 0.1) is 5.92 Å². The molecule has 0 radical (unpaired) electrons. The number of nitrogens with zero attached hydrogens (tertiary/aromatic N) is 1. The zero-order chi connectivity index (χ0) is 23.5. The molecule has 3 rings (SSSR count). The molecule has 1 aliphatic carbocycles. The summed E-state index contributed by atoms with van der Waals surface area (Å²) < 4.78 is 46.8. The number of benzene rings is 1. The number of carbonyl (C=O) groups excluding carboxylic acids is 1. The Kier molecular flexibility index (Phi) is 7.50. The van der Waals surface area contributed by atoms with Gasteiger partial charge in [0.05, 0.1) is 5.56 Å². The number of nitrogens with one attached hydrogen (secondary N) is 2. The van der Waals surface area contributed by atoms with Crippen molar-refractivity contribution in [2.75, 3.05) is 23.3 Å². The molecular weight excluding hydrogens is 419 g/mol. The fourth-order valence-corrected chi connectivity index (χ4v) is 4.47. The smallest absolute Gasteiger partial charge is 0.418 e. The van der Waals surface area contributed by atoms with Crippen LogP contribution in [0.5, 0.6) is 0 Å². The van der Waals surface area contributed by atoms with Crippen LogP contribution >= 0.6 is 0 Å². The van der Waals surface area contributed by atoms with Crippen LogP contribution in [-0.2, 0) is 10.9 Å². The van der Waals surface area contributed by atoms with E-state index in [1.807, 2.05) is 25.7 Å². The lowest BCUT2D eigenvalue weighted by atomic mass is 9.91. The van der Waals surface area contributed by atoms with Gasteiger partial charge < -0.3 is 20.3 Å². The van der Waals surface area contributed by atoms with Crippen molar-refractivity contribution in [3.05, 3.63) is 23.8 Å². The van der Waals surface area contributed by atoms with E-state index in [2.05, 4.69) is 17.6 Å². The monoisotopic (exact) mass is 455 g/mol. The first-order valence-electron chi connectivity index (χ1n) is 11.6. The molecule has 32 heavy (non-hydrogen) atoms. The number of amides is 1. The van der Waals surface area contributed by atoms with Crippen molar-refractivity contribution in [2.45, 2.75) is 90.1 Å². The van der Waals surface area contributed by atoms with Gasteiger partial charge in [0, 0.05) is 36.5 Å². The van der Waals surface area contributed by atoms with Crippen molar-refractivity contribution in [1.82, 2.24) is 5.32 Å². The van der Waals surface area contributed by atoms with E-state index in [0.717, 1.165) is 38.5 Å². The average Bonchev–Trinajstić information content (AvgIpc) is 2.68. The van der Waals surface area contributed by atoms with Crippen molar-refractivity contribution >= 4 is 17.5 Å². The highest BCUT2D eigenvalue weighted by molar-refractivity contribution is 5.68. The molecule has 0 atom stereocenters. The van der Waals surface area contributed by atoms with Gasteiger partial charge in [-0.05, 0) is 83.4 Å². The summed E-state index contributed by atoms with van der Waals surface area (Å²) in [5.41, 5.74) is -0.343. The summed E-state index contributed by atoms with van der Waals surface area (Å²) >= 11 is 0. The third kappa shape index (κ3) is 6.94. The van der Waals surface area contributed by atoms with Crippen LogP contribution in [-0.4, -0.2) is 36.9 Å². The summed E-state index contributed by atoms with van der Waals surface area (Å²) in [4.78, 5) is 13.8. The molecule has 0 bridgehead atoms. The van der Waals surface area contributed by atoms with Gasteiger partial charge in [-0.3, -0.25) is 0 Å². The number of ether oxygens (including phenoxy) is 1. The average molecular weight is 456 g/mol. The molecule has 1 saturated heterocycles. The molecule has 0 aromatic heterocycles. The van der Waals surface area contributed by atoms with Crippen LogP contribution < -0.4 is 15.5 Å². The first-order valence-corrected chi connectivity index (χ1v) is 11.6. The predicted octanol–water partition coefficient (Wildman–Crippen LogP) is 6.19. The van der Waals surface area contributed by atoms with Gasteiger partial charge in [-0.15, -0.1) is 0 Å². The Morgan fingerprint density at radius 1 is 1.00 bits per heavy atom. The highest BCUT2D eigenvalue weighted by atomic mass is 19.4. The number of hydrogen-bond donors (Lipinski definition) is 2. The third-order valence-electron chi connectivity index (χ3n) is 6.25. The summed E-state index contributed by atoms with van der Waals surface area (Å²) in [5, 5.41) is 6.17. The van der Waals surface area contributed by atoms with Gasteiger partial charge in [0.1, 0.15) is 5.60 Å². The van der Waals surface area contributed by atoms with E-state index in [1.165, 1.54) is 6.07 Å². The zero-order valence-corrected chi connectivity index (χ0v) is 19.5. The normalized spacial score (nSPS) is 23.0. The molecule has 0 spiro atoms. The SMILES string of the molecule is CC1CCN(c2ccc(NC3CCC(NC(=O)OC(C)(C)C)CC3)cc2C(F)(F)F)CC1. The van der Waals surface area contributed by atoms with Crippen LogP contribution in [0.3, 0.4) is 0 Å². The Balaban J connectivity index is 1.59. The number of piperidine rings is 1. The number of rotatable bonds is 4. The van der Waals surface area contributed by atoms with E-state index >= 15 is 0 Å². The minimum atomic E-state index is -4.40. The summed E-state index contributed by atoms with van der Waals surface area (Å²) in [5.74, 6) is 0.557. The lowest BCUT2D eigenvalue weighted by molar-refractivity contribution is -0.137. The molecule has 2 aliphatic rings. The Hall–Kier alpha value is -2.12. The van der Waals surface area contributed by atoms with E-state index < -0.39 is 23.4 Å². The standard InChI is InChI=1S/C24H36F3N3O2/c1-16-11-13-30(14-12-16)21-10-9-19(15-20(21)24(25,26)27)28-17-5-7-18(8-6-17)29-22(31)32-23(2,3)4/h9-10,15-18,28H,5-8,11-14H2,1-4H3,(H,29,31). The van der Waals surface area contributed by atoms with Gasteiger partial charge in [-0.1, -0.05) is 6.92 Å². The number of alkyl halides is 3. The molecule has 2 fully saturated rings. The second kappa shape index (κ2) is 9.79. The molecule has 1 aromatic rings. The fraction of sp³-hybridized carbons (Fsp3) is 0.708. The van der Waals surface area contributed by atoms with E-state index in [1.54, 1.807) is 12.1 Å². The third-order valence-corrected chi connectivity index (χ3v) is 6.25. The number of hydrogen-bond acceptors (Lipinski definition) is 4. The van der Waals surface area contributed by atoms with Crippen LogP contribution in [0.15, 0.2) is 18.2 Å². The zero-order valence-electron chi connectivity index (χ0n) is 19.5. The Bertz CT molecular complexity index is 776. The van der Waals surface area contributed by atoms with Gasteiger partial charge in [-0.2, -0.15) is 13.2 Å². The number of anilines is 2. The lowest BCUT2D eigenvalue weighted by Crippen LogP contribution is -2.42. The van der Waals surface area contributed by atoms with Crippen molar-refractivity contribution in [2.24, 2.45) is 5.92 Å². The highest BCUT2D eigenvalue weighted by Crippen LogP contribution is 2.40. The summed E-state index contributed by atoms with van der Waals surface area (Å²) in [6.07, 6.45) is 0.0636. The molecule has 0 unspecified atom stereocenters. The lowest BCUT2D eigenvalue weighted by Gasteiger charge is -2.34. The van der Waals surface area contributed by atoms with Crippen LogP contribution in [0.25, 0.3) is 0 Å². The second-order valence-corrected chi connectivity index (χ2v) is 10.2. The number of carbonyl (C=O) groups is 1. The van der Waals surface area contributed by atoms with E-state index in [0.29, 0.717) is 24.7 Å². The second-order valence-electron chi connectivity index (χ2n) is 10.2. The first-order chi connectivity index (χ1) is 14.9. The van der Waals surface area contributed by atoms with Crippen LogP contribution in [0.1, 0.15) is 71.8 Å². The van der Waals surface area contributed by atoms with Gasteiger partial charge in [0.15, 0.2) is 0 Å². The molecule has 1 aliphatic heterocycles. The van der Waals surface area contributed by atoms with Crippen molar-refractivity contribution in [3.63, 3.8) is 0 Å². The first kappa shape index (κ1) is 24.5. The summed E-state index contributed by atoms with van der Waals surface area (Å²) in [6.45, 7) is 8.92. The molecule has 1 heterocycles. The van der Waals surface area contributed by atoms with E-state index in [9.17, 15) is 18.0 Å². The number of halogens is 3. The van der Waals surface area contributed by atoms with E-state index in [-0.39, 0.29) is 17.8 Å². The maximum absolute atomic E-state index is 13.8. The maximum Gasteiger partial charge on any atom is 0.418 e. The minimum absolute atomic E-state index is 0.0255. The maximum atomic E-state index is 13.8. The molecule has 8 heteroatoms. The van der Waals surface area contributed by atoms with E-state index in [4.69, 9.17) is 4.74 Å². The molecule has 1 amide bonds. The number of alkyl carbamates (subject to hydrolysis) is 1. The minimum Gasteiger partial charge on any atom is -0.444 e. The quantitative estimate of drug-likeness (QED) is 0.568. The Morgan fingerprint density at radius 3 is 2.16 bits per heavy atom. The van der Waals surface area contributed by atoms with Gasteiger partial charge in [0.25, 0.3) is 0 Å². The summed E-state index contributed by atoms with van der Waals surface area (Å²) in [6, 6.07) is 4.72. The largest absolute Gasteiger partial charge is 0.444 e. The van der Waals surface area contributed by atoms with Crippen LogP contribution in [0.4, 0.5) is 29.3 Å². The van der Waals surface area contributed by atoms with Crippen molar-refractivity contribution in [1.29, 1.82) is 0 Å². The summed E-state index contributed by atoms with van der Waals surface area (Å²) in [7, 11) is 0. The van der Waals surface area contributed by atoms with Crippen molar-refractivity contribution in [3.8, 4) is 0 Å². The van der Waals surface area contributed by atoms with Gasteiger partial charge in [-0.25, -0.2) is 4.79 Å². The van der Waals surface area contributed by atoms with Crippen molar-refractivity contribution < 1.29 is 22.7 Å². The van der Waals surface area contributed by atoms with Crippen LogP contribution in [0.2, 0.25) is 0 Å². The predicted molar refractivity (Wildman–Crippen MR) is 121 cm³/mol. The Morgan fingerprint density at radius 2 is 1.59 bits per heavy atom. The highest BCUT2D eigenvalue weighted by Gasteiger charge is 2.36. The Labute approximate surface area is 189 Å². The van der Waals surface area contributed by atoms with Gasteiger partial charge in [0.2, 0.25) is 0 Å². The molecule has 2 N–H and O–H groups in total. The molecule has 180 valence electrons.